The minimum absolute atomic E-state index is 0.0860. The first-order chi connectivity index (χ1) is 8.49. The molecule has 0 atom stereocenters. The standard InChI is InChI=1S/C11H19N3O4/c12-8-3-1-7(2-4-8)11(18)14-5-9(15)13-6-10(16)17/h7-8H,1-6,12H2,(H,13,15)(H,14,18)(H,16,17). The molecule has 0 spiro atoms. The number of carboxylic acid groups (broad SMARTS) is 1. The number of hydrogen-bond donors (Lipinski definition) is 4. The highest BCUT2D eigenvalue weighted by Gasteiger charge is 2.24. The molecule has 7 heteroatoms. The maximum atomic E-state index is 11.7. The highest BCUT2D eigenvalue weighted by atomic mass is 16.4. The van der Waals surface area contributed by atoms with Crippen molar-refractivity contribution in [2.75, 3.05) is 13.1 Å². The molecule has 18 heavy (non-hydrogen) atoms. The number of nitrogens with one attached hydrogen (secondary N) is 2. The summed E-state index contributed by atoms with van der Waals surface area (Å²) >= 11 is 0. The van der Waals surface area contributed by atoms with Gasteiger partial charge in [-0.25, -0.2) is 0 Å². The number of aliphatic carboxylic acids is 1. The van der Waals surface area contributed by atoms with Crippen LogP contribution in [0.15, 0.2) is 0 Å². The van der Waals surface area contributed by atoms with Crippen molar-refractivity contribution < 1.29 is 19.5 Å². The first-order valence-electron chi connectivity index (χ1n) is 6.01. The van der Waals surface area contributed by atoms with E-state index in [1.165, 1.54) is 0 Å². The van der Waals surface area contributed by atoms with E-state index in [4.69, 9.17) is 10.8 Å². The summed E-state index contributed by atoms with van der Waals surface area (Å²) in [5, 5.41) is 13.0. The van der Waals surface area contributed by atoms with Crippen LogP contribution in [0.5, 0.6) is 0 Å². The van der Waals surface area contributed by atoms with Crippen LogP contribution >= 0.6 is 0 Å². The zero-order chi connectivity index (χ0) is 13.5. The predicted molar refractivity (Wildman–Crippen MR) is 63.6 cm³/mol. The summed E-state index contributed by atoms with van der Waals surface area (Å²) in [6.07, 6.45) is 3.13. The van der Waals surface area contributed by atoms with Crippen molar-refractivity contribution in [3.05, 3.63) is 0 Å². The third kappa shape index (κ3) is 5.13. The molecule has 2 amide bonds. The molecule has 1 aliphatic carbocycles. The van der Waals surface area contributed by atoms with Crippen molar-refractivity contribution in [3.63, 3.8) is 0 Å². The lowest BCUT2D eigenvalue weighted by atomic mass is 9.86. The van der Waals surface area contributed by atoms with Gasteiger partial charge in [0.2, 0.25) is 11.8 Å². The Balaban J connectivity index is 2.20. The fourth-order valence-corrected chi connectivity index (χ4v) is 1.93. The zero-order valence-corrected chi connectivity index (χ0v) is 10.1. The number of carbonyl (C=O) groups is 3. The first-order valence-corrected chi connectivity index (χ1v) is 6.01. The molecule has 0 aromatic carbocycles. The Morgan fingerprint density at radius 3 is 2.22 bits per heavy atom. The summed E-state index contributed by atoms with van der Waals surface area (Å²) in [6.45, 7) is -0.623. The highest BCUT2D eigenvalue weighted by Crippen LogP contribution is 2.22. The largest absolute Gasteiger partial charge is 0.480 e. The van der Waals surface area contributed by atoms with Crippen LogP contribution in [0.25, 0.3) is 0 Å². The number of carboxylic acids is 1. The van der Waals surface area contributed by atoms with Gasteiger partial charge in [-0.15, -0.1) is 0 Å². The van der Waals surface area contributed by atoms with Gasteiger partial charge in [-0.3, -0.25) is 14.4 Å². The predicted octanol–water partition coefficient (Wildman–Crippen LogP) is -1.18. The van der Waals surface area contributed by atoms with Gasteiger partial charge in [0.05, 0.1) is 6.54 Å². The van der Waals surface area contributed by atoms with Crippen molar-refractivity contribution in [2.24, 2.45) is 11.7 Å². The molecule has 5 N–H and O–H groups in total. The van der Waals surface area contributed by atoms with Gasteiger partial charge < -0.3 is 21.5 Å². The Kier molecular flexibility index (Phi) is 5.57. The molecular formula is C11H19N3O4. The summed E-state index contributed by atoms with van der Waals surface area (Å²) in [5.41, 5.74) is 5.74. The minimum atomic E-state index is -1.11. The van der Waals surface area contributed by atoms with Crippen molar-refractivity contribution in [1.82, 2.24) is 10.6 Å². The molecule has 0 radical (unpaired) electrons. The van der Waals surface area contributed by atoms with Gasteiger partial charge in [0.1, 0.15) is 6.54 Å². The molecule has 1 aliphatic rings. The quantitative estimate of drug-likeness (QED) is 0.494. The van der Waals surface area contributed by atoms with Crippen LogP contribution < -0.4 is 16.4 Å². The maximum Gasteiger partial charge on any atom is 0.322 e. The lowest BCUT2D eigenvalue weighted by Crippen LogP contribution is -2.42. The summed E-state index contributed by atoms with van der Waals surface area (Å²) in [4.78, 5) is 33.1. The van der Waals surface area contributed by atoms with Crippen LogP contribution in [-0.2, 0) is 14.4 Å². The fraction of sp³-hybridized carbons (Fsp3) is 0.727. The monoisotopic (exact) mass is 257 g/mol. The highest BCUT2D eigenvalue weighted by molar-refractivity contribution is 5.87. The van der Waals surface area contributed by atoms with Crippen molar-refractivity contribution >= 4 is 17.8 Å². The van der Waals surface area contributed by atoms with Crippen LogP contribution in [0.1, 0.15) is 25.7 Å². The second-order valence-electron chi connectivity index (χ2n) is 4.50. The van der Waals surface area contributed by atoms with Gasteiger partial charge >= 0.3 is 5.97 Å². The molecule has 0 aromatic heterocycles. The van der Waals surface area contributed by atoms with Crippen LogP contribution in [0.4, 0.5) is 0 Å². The second-order valence-corrected chi connectivity index (χ2v) is 4.50. The van der Waals surface area contributed by atoms with Gasteiger partial charge in [-0.05, 0) is 25.7 Å². The molecule has 0 aliphatic heterocycles. The zero-order valence-electron chi connectivity index (χ0n) is 10.1. The van der Waals surface area contributed by atoms with E-state index in [2.05, 4.69) is 10.6 Å². The molecule has 1 rings (SSSR count). The van der Waals surface area contributed by atoms with Crippen LogP contribution in [0.2, 0.25) is 0 Å². The van der Waals surface area contributed by atoms with E-state index >= 15 is 0 Å². The fourth-order valence-electron chi connectivity index (χ4n) is 1.93. The molecule has 0 unspecified atom stereocenters. The number of rotatable bonds is 5. The van der Waals surface area contributed by atoms with Gasteiger partial charge in [0.25, 0.3) is 0 Å². The Bertz CT molecular complexity index is 324. The lowest BCUT2D eigenvalue weighted by Gasteiger charge is -2.24. The van der Waals surface area contributed by atoms with Gasteiger partial charge in [-0.1, -0.05) is 0 Å². The van der Waals surface area contributed by atoms with Crippen molar-refractivity contribution in [1.29, 1.82) is 0 Å². The van der Waals surface area contributed by atoms with E-state index < -0.39 is 18.4 Å². The Labute approximate surface area is 105 Å². The molecule has 7 nitrogen and oxygen atoms in total. The number of hydrogen-bond acceptors (Lipinski definition) is 4. The molecule has 0 saturated heterocycles. The molecule has 0 bridgehead atoms. The van der Waals surface area contributed by atoms with Gasteiger partial charge in [-0.2, -0.15) is 0 Å². The minimum Gasteiger partial charge on any atom is -0.480 e. The summed E-state index contributed by atoms with van der Waals surface area (Å²) in [7, 11) is 0. The Morgan fingerprint density at radius 2 is 1.67 bits per heavy atom. The first kappa shape index (κ1) is 14.4. The van der Waals surface area contributed by atoms with E-state index in [1.54, 1.807) is 0 Å². The summed E-state index contributed by atoms with van der Waals surface area (Å²) < 4.78 is 0. The molecule has 1 saturated carbocycles. The van der Waals surface area contributed by atoms with E-state index in [1.807, 2.05) is 0 Å². The second kappa shape index (κ2) is 6.95. The molecule has 0 heterocycles. The van der Waals surface area contributed by atoms with Crippen LogP contribution in [0, 0.1) is 5.92 Å². The number of carbonyl (C=O) groups excluding carboxylic acids is 2. The SMILES string of the molecule is NC1CCC(C(=O)NCC(=O)NCC(=O)O)CC1. The van der Waals surface area contributed by atoms with E-state index in [0.29, 0.717) is 0 Å². The third-order valence-corrected chi connectivity index (χ3v) is 3.00. The topological polar surface area (TPSA) is 122 Å². The summed E-state index contributed by atoms with van der Waals surface area (Å²) in [6, 6.07) is 0.174. The molecular weight excluding hydrogens is 238 g/mol. The van der Waals surface area contributed by atoms with Crippen molar-refractivity contribution in [3.8, 4) is 0 Å². The third-order valence-electron chi connectivity index (χ3n) is 3.00. The number of nitrogens with two attached hydrogens (primary N) is 1. The average molecular weight is 257 g/mol. The van der Waals surface area contributed by atoms with E-state index in [-0.39, 0.29) is 24.4 Å². The summed E-state index contributed by atoms with van der Waals surface area (Å²) in [5.74, 6) is -1.86. The van der Waals surface area contributed by atoms with Gasteiger partial charge in [0, 0.05) is 12.0 Å². The van der Waals surface area contributed by atoms with E-state index in [0.717, 1.165) is 25.7 Å². The van der Waals surface area contributed by atoms with Gasteiger partial charge in [0.15, 0.2) is 0 Å². The Hall–Kier alpha value is -1.63. The normalized spacial score (nSPS) is 23.2. The van der Waals surface area contributed by atoms with Crippen LogP contribution in [-0.4, -0.2) is 42.0 Å². The molecule has 1 fully saturated rings. The maximum absolute atomic E-state index is 11.7. The Morgan fingerprint density at radius 1 is 1.06 bits per heavy atom. The molecule has 102 valence electrons. The average Bonchev–Trinajstić information content (AvgIpc) is 2.34. The smallest absolute Gasteiger partial charge is 0.322 e. The lowest BCUT2D eigenvalue weighted by molar-refractivity contribution is -0.137. The van der Waals surface area contributed by atoms with Crippen LogP contribution in [0.3, 0.4) is 0 Å². The van der Waals surface area contributed by atoms with E-state index in [9.17, 15) is 14.4 Å². The number of amides is 2. The van der Waals surface area contributed by atoms with Crippen molar-refractivity contribution in [2.45, 2.75) is 31.7 Å². The molecule has 0 aromatic rings.